The minimum absolute atomic E-state index is 0.0147. The maximum Gasteiger partial charge on any atom is 0.293 e. The minimum Gasteiger partial charge on any atom is -0.383 e. The van der Waals surface area contributed by atoms with E-state index in [9.17, 15) is 14.9 Å². The number of nitro benzene ring substituents is 1. The topological polar surface area (TPSA) is 135 Å². The van der Waals surface area contributed by atoms with Crippen LogP contribution in [0.4, 0.5) is 17.1 Å². The van der Waals surface area contributed by atoms with Gasteiger partial charge in [-0.1, -0.05) is 0 Å². The molecule has 25 heavy (non-hydrogen) atoms. The second-order valence-electron chi connectivity index (χ2n) is 5.00. The average molecular weight is 344 g/mol. The molecule has 1 aromatic carbocycles. The Bertz CT molecular complexity index is 811. The lowest BCUT2D eigenvalue weighted by atomic mass is 10.2. The first kappa shape index (κ1) is 17.9. The van der Waals surface area contributed by atoms with Crippen LogP contribution < -0.4 is 10.6 Å². The Hall–Kier alpha value is -3.45. The highest BCUT2D eigenvalue weighted by Gasteiger charge is 2.15. The predicted octanol–water partition coefficient (Wildman–Crippen LogP) is 1.17. The van der Waals surface area contributed by atoms with Crippen molar-refractivity contribution >= 4 is 23.0 Å². The summed E-state index contributed by atoms with van der Waals surface area (Å²) in [5.74, 6) is -0.226. The number of ether oxygens (including phenoxy) is 1. The first-order valence-electron chi connectivity index (χ1n) is 7.27. The van der Waals surface area contributed by atoms with Crippen molar-refractivity contribution in [1.82, 2.24) is 15.1 Å². The minimum atomic E-state index is -0.573. The van der Waals surface area contributed by atoms with Crippen molar-refractivity contribution in [2.24, 2.45) is 0 Å². The van der Waals surface area contributed by atoms with Crippen molar-refractivity contribution in [3.63, 3.8) is 0 Å². The van der Waals surface area contributed by atoms with E-state index in [1.165, 1.54) is 29.1 Å². The Morgan fingerprint density at radius 2 is 2.32 bits per heavy atom. The Labute approximate surface area is 143 Å². The predicted molar refractivity (Wildman–Crippen MR) is 88.2 cm³/mol. The van der Waals surface area contributed by atoms with E-state index in [0.29, 0.717) is 18.8 Å². The van der Waals surface area contributed by atoms with Gasteiger partial charge in [0.25, 0.3) is 5.69 Å². The van der Waals surface area contributed by atoms with Crippen molar-refractivity contribution < 1.29 is 14.5 Å². The molecule has 1 aromatic heterocycles. The number of methoxy groups -OCH3 is 1. The molecule has 1 amide bonds. The summed E-state index contributed by atoms with van der Waals surface area (Å²) in [6.07, 6.45) is 3.00. The fourth-order valence-electron chi connectivity index (χ4n) is 2.02. The van der Waals surface area contributed by atoms with Gasteiger partial charge in [-0.25, -0.2) is 0 Å². The summed E-state index contributed by atoms with van der Waals surface area (Å²) in [5.41, 5.74) is 0.690. The largest absolute Gasteiger partial charge is 0.383 e. The van der Waals surface area contributed by atoms with E-state index in [0.717, 1.165) is 0 Å². The Kier molecular flexibility index (Phi) is 6.02. The number of benzene rings is 1. The number of amides is 1. The molecule has 1 heterocycles. The van der Waals surface area contributed by atoms with E-state index in [2.05, 4.69) is 15.7 Å². The highest BCUT2D eigenvalue weighted by molar-refractivity contribution is 5.76. The van der Waals surface area contributed by atoms with Crippen LogP contribution in [0.5, 0.6) is 0 Å². The van der Waals surface area contributed by atoms with Gasteiger partial charge in [-0.15, -0.1) is 0 Å². The van der Waals surface area contributed by atoms with E-state index in [-0.39, 0.29) is 29.4 Å². The molecular formula is C15H16N6O4. The monoisotopic (exact) mass is 344 g/mol. The van der Waals surface area contributed by atoms with Crippen LogP contribution in [-0.2, 0) is 16.1 Å². The SMILES string of the molecule is COCCNC(=O)Cn1cc(Nc2ccc(C#N)cc2[N+](=O)[O-])cn1. The number of nitrogens with one attached hydrogen (secondary N) is 2. The molecule has 130 valence electrons. The maximum atomic E-state index is 11.7. The van der Waals surface area contributed by atoms with E-state index >= 15 is 0 Å². The van der Waals surface area contributed by atoms with Crippen LogP contribution in [-0.4, -0.2) is 40.9 Å². The van der Waals surface area contributed by atoms with Crippen molar-refractivity contribution in [2.75, 3.05) is 25.6 Å². The molecule has 0 aliphatic carbocycles. The van der Waals surface area contributed by atoms with Crippen LogP contribution >= 0.6 is 0 Å². The lowest BCUT2D eigenvalue weighted by Gasteiger charge is -2.05. The number of nitriles is 1. The maximum absolute atomic E-state index is 11.7. The number of anilines is 2. The second kappa shape index (κ2) is 8.42. The molecular weight excluding hydrogens is 328 g/mol. The molecule has 0 atom stereocenters. The lowest BCUT2D eigenvalue weighted by molar-refractivity contribution is -0.383. The van der Waals surface area contributed by atoms with Gasteiger partial charge in [-0.3, -0.25) is 19.6 Å². The number of nitrogens with zero attached hydrogens (tertiary/aromatic N) is 4. The second-order valence-corrected chi connectivity index (χ2v) is 5.00. The van der Waals surface area contributed by atoms with Crippen LogP contribution in [0.15, 0.2) is 30.6 Å². The van der Waals surface area contributed by atoms with Crippen LogP contribution in [0.3, 0.4) is 0 Å². The van der Waals surface area contributed by atoms with E-state index in [1.54, 1.807) is 13.3 Å². The molecule has 0 bridgehead atoms. The summed E-state index contributed by atoms with van der Waals surface area (Å²) < 4.78 is 6.24. The molecule has 0 spiro atoms. The van der Waals surface area contributed by atoms with Gasteiger partial charge in [0.15, 0.2) is 0 Å². The fraction of sp³-hybridized carbons (Fsp3) is 0.267. The van der Waals surface area contributed by atoms with Gasteiger partial charge in [0.1, 0.15) is 12.2 Å². The van der Waals surface area contributed by atoms with Crippen molar-refractivity contribution in [1.29, 1.82) is 5.26 Å². The first-order chi connectivity index (χ1) is 12.0. The summed E-state index contributed by atoms with van der Waals surface area (Å²) in [5, 5.41) is 29.5. The number of nitro groups is 1. The molecule has 10 heteroatoms. The van der Waals surface area contributed by atoms with Crippen LogP contribution in [0, 0.1) is 21.4 Å². The number of hydrogen-bond donors (Lipinski definition) is 2. The van der Waals surface area contributed by atoms with E-state index in [4.69, 9.17) is 10.00 Å². The summed E-state index contributed by atoms with van der Waals surface area (Å²) >= 11 is 0. The molecule has 0 unspecified atom stereocenters. The van der Waals surface area contributed by atoms with Crippen molar-refractivity contribution in [2.45, 2.75) is 6.54 Å². The molecule has 0 saturated carbocycles. The molecule has 2 N–H and O–H groups in total. The third kappa shape index (κ3) is 5.02. The average Bonchev–Trinajstić information content (AvgIpc) is 3.02. The van der Waals surface area contributed by atoms with E-state index < -0.39 is 4.92 Å². The highest BCUT2D eigenvalue weighted by atomic mass is 16.6. The molecule has 2 rings (SSSR count). The summed E-state index contributed by atoms with van der Waals surface area (Å²) in [6.45, 7) is 0.833. The van der Waals surface area contributed by atoms with Crippen molar-refractivity contribution in [3.8, 4) is 6.07 Å². The van der Waals surface area contributed by atoms with Crippen LogP contribution in [0.2, 0.25) is 0 Å². The van der Waals surface area contributed by atoms with Crippen LogP contribution in [0.25, 0.3) is 0 Å². The molecule has 10 nitrogen and oxygen atoms in total. The first-order valence-corrected chi connectivity index (χ1v) is 7.27. The van der Waals surface area contributed by atoms with Gasteiger partial charge in [-0.05, 0) is 12.1 Å². The van der Waals surface area contributed by atoms with Gasteiger partial charge in [0.05, 0.1) is 35.0 Å². The normalized spacial score (nSPS) is 10.1. The molecule has 2 aromatic rings. The smallest absolute Gasteiger partial charge is 0.293 e. The van der Waals surface area contributed by atoms with Gasteiger partial charge < -0.3 is 15.4 Å². The zero-order chi connectivity index (χ0) is 18.2. The molecule has 0 aliphatic heterocycles. The number of carbonyl (C=O) groups excluding carboxylic acids is 1. The van der Waals surface area contributed by atoms with Gasteiger partial charge in [0, 0.05) is 25.9 Å². The molecule has 0 saturated heterocycles. The van der Waals surface area contributed by atoms with Crippen LogP contribution in [0.1, 0.15) is 5.56 Å². The molecule has 0 radical (unpaired) electrons. The number of aromatic nitrogens is 2. The summed E-state index contributed by atoms with van der Waals surface area (Å²) in [7, 11) is 1.54. The Balaban J connectivity index is 2.05. The third-order valence-electron chi connectivity index (χ3n) is 3.17. The molecule has 0 aliphatic rings. The lowest BCUT2D eigenvalue weighted by Crippen LogP contribution is -2.30. The Morgan fingerprint density at radius 3 is 3.00 bits per heavy atom. The summed E-state index contributed by atoms with van der Waals surface area (Å²) in [6, 6.07) is 5.97. The number of rotatable bonds is 8. The molecule has 0 fully saturated rings. The third-order valence-corrected chi connectivity index (χ3v) is 3.17. The van der Waals surface area contributed by atoms with Crippen molar-refractivity contribution in [3.05, 3.63) is 46.3 Å². The Morgan fingerprint density at radius 1 is 1.52 bits per heavy atom. The van der Waals surface area contributed by atoms with Gasteiger partial charge in [0.2, 0.25) is 5.91 Å². The number of carbonyl (C=O) groups is 1. The number of hydrogen-bond acceptors (Lipinski definition) is 7. The summed E-state index contributed by atoms with van der Waals surface area (Å²) in [4.78, 5) is 22.3. The standard InChI is InChI=1S/C15H16N6O4/c1-25-5-4-17-15(22)10-20-9-12(8-18-20)19-13-3-2-11(7-16)6-14(13)21(23)24/h2-3,6,8-9,19H,4-5,10H2,1H3,(H,17,22). The zero-order valence-corrected chi connectivity index (χ0v) is 13.4. The highest BCUT2D eigenvalue weighted by Crippen LogP contribution is 2.28. The van der Waals surface area contributed by atoms with Gasteiger partial charge >= 0.3 is 0 Å². The quantitative estimate of drug-likeness (QED) is 0.417. The van der Waals surface area contributed by atoms with Gasteiger partial charge in [-0.2, -0.15) is 10.4 Å². The zero-order valence-electron chi connectivity index (χ0n) is 13.4. The van der Waals surface area contributed by atoms with E-state index in [1.807, 2.05) is 6.07 Å². The fourth-order valence-corrected chi connectivity index (χ4v) is 2.02.